The molecule has 0 aliphatic carbocycles. The number of nitrogens with two attached hydrogens (primary N) is 1. The normalized spacial score (nSPS) is 11.9. The molecule has 5 heteroatoms. The van der Waals surface area contributed by atoms with Gasteiger partial charge in [-0.2, -0.15) is 0 Å². The van der Waals surface area contributed by atoms with Crippen molar-refractivity contribution in [3.05, 3.63) is 0 Å². The van der Waals surface area contributed by atoms with Crippen molar-refractivity contribution in [2.24, 2.45) is 5.73 Å². The van der Waals surface area contributed by atoms with Crippen LogP contribution in [0.15, 0.2) is 0 Å². The van der Waals surface area contributed by atoms with Crippen LogP contribution in [0.5, 0.6) is 0 Å². The fraction of sp³-hybridized carbons (Fsp3) is 0.778. The van der Waals surface area contributed by atoms with Crippen molar-refractivity contribution < 1.29 is 14.3 Å². The van der Waals surface area contributed by atoms with Crippen LogP contribution in [0.1, 0.15) is 26.7 Å². The fourth-order valence-electron chi connectivity index (χ4n) is 0.837. The summed E-state index contributed by atoms with van der Waals surface area (Å²) in [7, 11) is 0. The maximum atomic E-state index is 11.2. The van der Waals surface area contributed by atoms with Gasteiger partial charge in [-0.1, -0.05) is 13.3 Å². The summed E-state index contributed by atoms with van der Waals surface area (Å²) in [5.74, 6) is -1.15. The lowest BCUT2D eigenvalue weighted by atomic mass is 10.3. The van der Waals surface area contributed by atoms with Gasteiger partial charge in [0, 0.05) is 6.54 Å². The third kappa shape index (κ3) is 4.81. The zero-order valence-electron chi connectivity index (χ0n) is 8.71. The van der Waals surface area contributed by atoms with E-state index in [4.69, 9.17) is 5.73 Å². The molecule has 0 radical (unpaired) electrons. The molecule has 14 heavy (non-hydrogen) atoms. The standard InChI is InChI=1S/C9H18N2O3/c1-3-5-6-11-8(12)7(10)9(13)14-4-2/h7H,3-6,10H2,1-2H3,(H,11,12). The van der Waals surface area contributed by atoms with Gasteiger partial charge in [0.05, 0.1) is 6.61 Å². The third-order valence-corrected chi connectivity index (χ3v) is 1.65. The van der Waals surface area contributed by atoms with E-state index in [9.17, 15) is 9.59 Å². The summed E-state index contributed by atoms with van der Waals surface area (Å²) >= 11 is 0. The SMILES string of the molecule is CCCCNC(=O)C(N)C(=O)OCC. The molecule has 0 rings (SSSR count). The molecule has 82 valence electrons. The van der Waals surface area contributed by atoms with Crippen molar-refractivity contribution in [1.82, 2.24) is 5.32 Å². The molecule has 0 aliphatic rings. The molecule has 1 amide bonds. The first kappa shape index (κ1) is 12.9. The lowest BCUT2D eigenvalue weighted by Gasteiger charge is -2.10. The number of unbranched alkanes of at least 4 members (excludes halogenated alkanes) is 1. The van der Waals surface area contributed by atoms with E-state index in [1.165, 1.54) is 0 Å². The minimum absolute atomic E-state index is 0.231. The Morgan fingerprint density at radius 3 is 2.57 bits per heavy atom. The minimum Gasteiger partial charge on any atom is -0.464 e. The van der Waals surface area contributed by atoms with Crippen LogP contribution in [0.2, 0.25) is 0 Å². The van der Waals surface area contributed by atoms with Gasteiger partial charge in [-0.15, -0.1) is 0 Å². The molecule has 0 saturated carbocycles. The molecule has 0 saturated heterocycles. The number of ether oxygens (including phenoxy) is 1. The molecule has 0 aromatic rings. The molecule has 0 fully saturated rings. The highest BCUT2D eigenvalue weighted by Gasteiger charge is 2.22. The molecule has 1 unspecified atom stereocenters. The van der Waals surface area contributed by atoms with Gasteiger partial charge in [-0.05, 0) is 13.3 Å². The van der Waals surface area contributed by atoms with Crippen LogP contribution in [-0.4, -0.2) is 31.1 Å². The van der Waals surface area contributed by atoms with Gasteiger partial charge < -0.3 is 15.8 Å². The maximum absolute atomic E-state index is 11.2. The summed E-state index contributed by atoms with van der Waals surface area (Å²) in [5, 5.41) is 2.56. The number of hydrogen-bond acceptors (Lipinski definition) is 4. The highest BCUT2D eigenvalue weighted by Crippen LogP contribution is 1.88. The Morgan fingerprint density at radius 1 is 1.43 bits per heavy atom. The van der Waals surface area contributed by atoms with Crippen LogP contribution in [0, 0.1) is 0 Å². The molecular formula is C9H18N2O3. The molecule has 0 aliphatic heterocycles. The van der Waals surface area contributed by atoms with Crippen LogP contribution in [0.3, 0.4) is 0 Å². The van der Waals surface area contributed by atoms with E-state index in [0.717, 1.165) is 12.8 Å². The van der Waals surface area contributed by atoms with Crippen molar-refractivity contribution >= 4 is 11.9 Å². The number of nitrogens with one attached hydrogen (secondary N) is 1. The summed E-state index contributed by atoms with van der Waals surface area (Å²) in [6, 6.07) is -1.20. The Bertz CT molecular complexity index is 194. The van der Waals surface area contributed by atoms with E-state index in [2.05, 4.69) is 10.1 Å². The van der Waals surface area contributed by atoms with E-state index in [1.54, 1.807) is 6.92 Å². The highest BCUT2D eigenvalue weighted by molar-refractivity contribution is 6.01. The summed E-state index contributed by atoms with van der Waals surface area (Å²) in [5.41, 5.74) is 5.34. The monoisotopic (exact) mass is 202 g/mol. The molecule has 0 bridgehead atoms. The molecule has 3 N–H and O–H groups in total. The summed E-state index contributed by atoms with van der Waals surface area (Å²) in [6.45, 7) is 4.45. The van der Waals surface area contributed by atoms with E-state index in [1.807, 2.05) is 6.92 Å². The molecular weight excluding hydrogens is 184 g/mol. The van der Waals surface area contributed by atoms with Crippen molar-refractivity contribution in [1.29, 1.82) is 0 Å². The Morgan fingerprint density at radius 2 is 2.07 bits per heavy atom. The van der Waals surface area contributed by atoms with Crippen LogP contribution >= 0.6 is 0 Å². The molecule has 5 nitrogen and oxygen atoms in total. The highest BCUT2D eigenvalue weighted by atomic mass is 16.5. The fourth-order valence-corrected chi connectivity index (χ4v) is 0.837. The quantitative estimate of drug-likeness (QED) is 0.355. The van der Waals surface area contributed by atoms with Crippen molar-refractivity contribution in [3.63, 3.8) is 0 Å². The van der Waals surface area contributed by atoms with Crippen LogP contribution in [0.25, 0.3) is 0 Å². The second kappa shape index (κ2) is 7.32. The Kier molecular flexibility index (Phi) is 6.74. The molecule has 0 heterocycles. The third-order valence-electron chi connectivity index (χ3n) is 1.65. The zero-order chi connectivity index (χ0) is 11.0. The maximum Gasteiger partial charge on any atom is 0.332 e. The number of esters is 1. The van der Waals surface area contributed by atoms with Gasteiger partial charge in [0.1, 0.15) is 0 Å². The van der Waals surface area contributed by atoms with Crippen LogP contribution in [-0.2, 0) is 14.3 Å². The predicted octanol–water partition coefficient (Wildman–Crippen LogP) is -0.207. The number of carbonyl (C=O) groups is 2. The number of rotatable bonds is 6. The van der Waals surface area contributed by atoms with E-state index < -0.39 is 17.9 Å². The van der Waals surface area contributed by atoms with Gasteiger partial charge in [-0.25, -0.2) is 4.79 Å². The second-order valence-electron chi connectivity index (χ2n) is 2.87. The Balaban J connectivity index is 3.80. The van der Waals surface area contributed by atoms with E-state index in [-0.39, 0.29) is 6.61 Å². The van der Waals surface area contributed by atoms with Gasteiger partial charge >= 0.3 is 5.97 Å². The van der Waals surface area contributed by atoms with Crippen LogP contribution < -0.4 is 11.1 Å². The number of hydrogen-bond donors (Lipinski definition) is 2. The number of amides is 1. The molecule has 1 atom stereocenters. The van der Waals surface area contributed by atoms with Crippen molar-refractivity contribution in [2.75, 3.05) is 13.2 Å². The van der Waals surface area contributed by atoms with Crippen molar-refractivity contribution in [2.45, 2.75) is 32.7 Å². The lowest BCUT2D eigenvalue weighted by Crippen LogP contribution is -2.47. The van der Waals surface area contributed by atoms with Gasteiger partial charge in [-0.3, -0.25) is 4.79 Å². The summed E-state index contributed by atoms with van der Waals surface area (Å²) < 4.78 is 4.61. The van der Waals surface area contributed by atoms with Gasteiger partial charge in [0.25, 0.3) is 0 Å². The number of carbonyl (C=O) groups excluding carboxylic acids is 2. The largest absolute Gasteiger partial charge is 0.464 e. The first-order valence-corrected chi connectivity index (χ1v) is 4.83. The molecule has 0 aromatic carbocycles. The smallest absolute Gasteiger partial charge is 0.332 e. The van der Waals surface area contributed by atoms with Crippen LogP contribution in [0.4, 0.5) is 0 Å². The Hall–Kier alpha value is -1.10. The Labute approximate surface area is 84.0 Å². The van der Waals surface area contributed by atoms with Gasteiger partial charge in [0.15, 0.2) is 6.04 Å². The van der Waals surface area contributed by atoms with Crippen molar-refractivity contribution in [3.8, 4) is 0 Å². The first-order chi connectivity index (χ1) is 6.63. The minimum atomic E-state index is -1.20. The van der Waals surface area contributed by atoms with Gasteiger partial charge in [0.2, 0.25) is 5.91 Å². The summed E-state index contributed by atoms with van der Waals surface area (Å²) in [6.07, 6.45) is 1.86. The van der Waals surface area contributed by atoms with E-state index in [0.29, 0.717) is 6.54 Å². The van der Waals surface area contributed by atoms with E-state index >= 15 is 0 Å². The first-order valence-electron chi connectivity index (χ1n) is 4.83. The summed E-state index contributed by atoms with van der Waals surface area (Å²) in [4.78, 5) is 22.2. The average molecular weight is 202 g/mol. The predicted molar refractivity (Wildman–Crippen MR) is 52.5 cm³/mol. The second-order valence-corrected chi connectivity index (χ2v) is 2.87. The average Bonchev–Trinajstić information content (AvgIpc) is 2.17. The zero-order valence-corrected chi connectivity index (χ0v) is 8.71. The lowest BCUT2D eigenvalue weighted by molar-refractivity contribution is -0.147. The topological polar surface area (TPSA) is 81.4 Å². The molecule has 0 aromatic heterocycles. The molecule has 0 spiro atoms.